The van der Waals surface area contributed by atoms with E-state index in [0.717, 1.165) is 28.7 Å². The molecule has 0 spiro atoms. The maximum atomic E-state index is 9.54. The van der Waals surface area contributed by atoms with Crippen LogP contribution in [-0.4, -0.2) is 24.6 Å². The molecule has 3 aromatic rings. The number of aryl methyl sites for hydroxylation is 2. The largest absolute Gasteiger partial charge is 0.508 e. The molecule has 0 saturated heterocycles. The number of aromatic hydroxyl groups is 1. The van der Waals surface area contributed by atoms with Crippen LogP contribution in [0, 0.1) is 0 Å². The molecule has 19 heavy (non-hydrogen) atoms. The molecule has 2 heterocycles. The van der Waals surface area contributed by atoms with E-state index in [4.69, 9.17) is 0 Å². The number of phenolic OH excluding ortho intramolecular Hbond substituents is 1. The van der Waals surface area contributed by atoms with Gasteiger partial charge in [-0.15, -0.1) is 0 Å². The van der Waals surface area contributed by atoms with E-state index in [1.165, 1.54) is 0 Å². The Balaban J connectivity index is 2.21. The van der Waals surface area contributed by atoms with Crippen molar-refractivity contribution < 1.29 is 5.11 Å². The molecular weight excluding hydrogens is 240 g/mol. The van der Waals surface area contributed by atoms with E-state index in [-0.39, 0.29) is 5.75 Å². The van der Waals surface area contributed by atoms with E-state index in [1.54, 1.807) is 24.7 Å². The van der Waals surface area contributed by atoms with E-state index in [1.807, 2.05) is 24.6 Å². The van der Waals surface area contributed by atoms with Gasteiger partial charge in [0, 0.05) is 12.6 Å². The summed E-state index contributed by atoms with van der Waals surface area (Å²) in [6.07, 6.45) is 4.27. The van der Waals surface area contributed by atoms with E-state index >= 15 is 0 Å². The molecule has 0 saturated carbocycles. The van der Waals surface area contributed by atoms with Crippen LogP contribution in [0.15, 0.2) is 30.7 Å². The van der Waals surface area contributed by atoms with Gasteiger partial charge in [0.05, 0.1) is 12.5 Å². The van der Waals surface area contributed by atoms with Crippen LogP contribution in [0.1, 0.15) is 12.5 Å². The average Bonchev–Trinajstić information content (AvgIpc) is 2.80. The molecule has 0 amide bonds. The molecule has 3 rings (SSSR count). The number of benzene rings is 1. The maximum absolute atomic E-state index is 9.54. The minimum atomic E-state index is 0.266. The van der Waals surface area contributed by atoms with Crippen molar-refractivity contribution in [2.75, 3.05) is 0 Å². The fourth-order valence-electron chi connectivity index (χ4n) is 2.14. The Labute approximate surface area is 110 Å². The Bertz CT molecular complexity index is 748. The molecular formula is C14H14N4O. The predicted molar refractivity (Wildman–Crippen MR) is 72.8 cm³/mol. The first-order valence-corrected chi connectivity index (χ1v) is 6.15. The summed E-state index contributed by atoms with van der Waals surface area (Å²) in [5, 5.41) is 9.54. The Morgan fingerprint density at radius 2 is 2.11 bits per heavy atom. The van der Waals surface area contributed by atoms with Gasteiger partial charge in [0.2, 0.25) is 0 Å². The topological polar surface area (TPSA) is 63.8 Å². The molecule has 0 bridgehead atoms. The fourth-order valence-corrected chi connectivity index (χ4v) is 2.14. The van der Waals surface area contributed by atoms with Crippen molar-refractivity contribution >= 4 is 11.2 Å². The van der Waals surface area contributed by atoms with Gasteiger partial charge in [-0.05, 0) is 30.2 Å². The summed E-state index contributed by atoms with van der Waals surface area (Å²) in [5.41, 5.74) is 3.56. The Morgan fingerprint density at radius 1 is 1.26 bits per heavy atom. The molecule has 0 atom stereocenters. The predicted octanol–water partition coefficient (Wildman–Crippen LogP) is 2.30. The molecule has 5 heteroatoms. The van der Waals surface area contributed by atoms with Crippen molar-refractivity contribution in [1.29, 1.82) is 0 Å². The highest BCUT2D eigenvalue weighted by atomic mass is 16.3. The van der Waals surface area contributed by atoms with Gasteiger partial charge in [0.1, 0.15) is 11.3 Å². The molecule has 96 valence electrons. The number of fused-ring (bicyclic) bond motifs is 1. The summed E-state index contributed by atoms with van der Waals surface area (Å²) in [6.45, 7) is 2.04. The van der Waals surface area contributed by atoms with Gasteiger partial charge < -0.3 is 9.67 Å². The van der Waals surface area contributed by atoms with Crippen LogP contribution in [0.5, 0.6) is 5.75 Å². The van der Waals surface area contributed by atoms with Gasteiger partial charge in [0.25, 0.3) is 0 Å². The summed E-state index contributed by atoms with van der Waals surface area (Å²) in [5.74, 6) is 0.926. The van der Waals surface area contributed by atoms with Crippen LogP contribution in [-0.2, 0) is 13.5 Å². The van der Waals surface area contributed by atoms with E-state index in [9.17, 15) is 5.11 Å². The highest BCUT2D eigenvalue weighted by Gasteiger charge is 2.10. The second kappa shape index (κ2) is 4.35. The standard InChI is InChI=1S/C14H14N4O/c1-3-9-6-10(19)4-5-11(9)13-15-7-12-14(17-13)18(2)8-16-12/h4-8,19H,3H2,1-2H3. The molecule has 0 aliphatic rings. The van der Waals surface area contributed by atoms with Crippen molar-refractivity contribution in [3.8, 4) is 17.1 Å². The van der Waals surface area contributed by atoms with Crippen molar-refractivity contribution in [2.24, 2.45) is 7.05 Å². The Kier molecular flexibility index (Phi) is 2.67. The monoisotopic (exact) mass is 254 g/mol. The van der Waals surface area contributed by atoms with Crippen molar-refractivity contribution in [2.45, 2.75) is 13.3 Å². The molecule has 0 aliphatic heterocycles. The van der Waals surface area contributed by atoms with Gasteiger partial charge in [0.15, 0.2) is 11.5 Å². The van der Waals surface area contributed by atoms with Crippen molar-refractivity contribution in [1.82, 2.24) is 19.5 Å². The lowest BCUT2D eigenvalue weighted by atomic mass is 10.0. The quantitative estimate of drug-likeness (QED) is 0.762. The summed E-state index contributed by atoms with van der Waals surface area (Å²) in [7, 11) is 1.91. The Morgan fingerprint density at radius 3 is 2.89 bits per heavy atom. The zero-order chi connectivity index (χ0) is 13.4. The second-order valence-electron chi connectivity index (χ2n) is 4.45. The highest BCUT2D eigenvalue weighted by Crippen LogP contribution is 2.25. The van der Waals surface area contributed by atoms with Crippen molar-refractivity contribution in [3.05, 3.63) is 36.3 Å². The van der Waals surface area contributed by atoms with Gasteiger partial charge in [-0.2, -0.15) is 0 Å². The molecule has 0 fully saturated rings. The third kappa shape index (κ3) is 1.93. The second-order valence-corrected chi connectivity index (χ2v) is 4.45. The summed E-state index contributed by atoms with van der Waals surface area (Å²) in [6, 6.07) is 5.27. The molecule has 0 unspecified atom stereocenters. The number of imidazole rings is 1. The fraction of sp³-hybridized carbons (Fsp3) is 0.214. The molecule has 0 aliphatic carbocycles. The molecule has 5 nitrogen and oxygen atoms in total. The summed E-state index contributed by atoms with van der Waals surface area (Å²) in [4.78, 5) is 13.1. The zero-order valence-electron chi connectivity index (χ0n) is 10.8. The minimum Gasteiger partial charge on any atom is -0.508 e. The number of nitrogens with zero attached hydrogens (tertiary/aromatic N) is 4. The number of rotatable bonds is 2. The van der Waals surface area contributed by atoms with Gasteiger partial charge >= 0.3 is 0 Å². The molecule has 1 N–H and O–H groups in total. The SMILES string of the molecule is CCc1cc(O)ccc1-c1ncc2ncn(C)c2n1. The van der Waals surface area contributed by atoms with Crippen LogP contribution < -0.4 is 0 Å². The van der Waals surface area contributed by atoms with Gasteiger partial charge in [-0.1, -0.05) is 6.92 Å². The van der Waals surface area contributed by atoms with Crippen LogP contribution in [0.2, 0.25) is 0 Å². The lowest BCUT2D eigenvalue weighted by Crippen LogP contribution is -1.96. The summed E-state index contributed by atoms with van der Waals surface area (Å²) < 4.78 is 1.87. The first-order chi connectivity index (χ1) is 9.19. The van der Waals surface area contributed by atoms with Crippen LogP contribution in [0.3, 0.4) is 0 Å². The van der Waals surface area contributed by atoms with Crippen LogP contribution in [0.25, 0.3) is 22.6 Å². The lowest BCUT2D eigenvalue weighted by Gasteiger charge is -2.07. The zero-order valence-corrected chi connectivity index (χ0v) is 10.8. The average molecular weight is 254 g/mol. The number of hydrogen-bond donors (Lipinski definition) is 1. The number of hydrogen-bond acceptors (Lipinski definition) is 4. The van der Waals surface area contributed by atoms with E-state index in [2.05, 4.69) is 15.0 Å². The first kappa shape index (κ1) is 11.6. The third-order valence-electron chi connectivity index (χ3n) is 3.16. The molecule has 0 radical (unpaired) electrons. The summed E-state index contributed by atoms with van der Waals surface area (Å²) >= 11 is 0. The minimum absolute atomic E-state index is 0.266. The highest BCUT2D eigenvalue weighted by molar-refractivity contribution is 5.73. The third-order valence-corrected chi connectivity index (χ3v) is 3.16. The van der Waals surface area contributed by atoms with Crippen LogP contribution in [0.4, 0.5) is 0 Å². The van der Waals surface area contributed by atoms with E-state index < -0.39 is 0 Å². The first-order valence-electron chi connectivity index (χ1n) is 6.15. The normalized spacial score (nSPS) is 11.1. The maximum Gasteiger partial charge on any atom is 0.163 e. The van der Waals surface area contributed by atoms with Gasteiger partial charge in [-0.25, -0.2) is 15.0 Å². The van der Waals surface area contributed by atoms with Gasteiger partial charge in [-0.3, -0.25) is 0 Å². The lowest BCUT2D eigenvalue weighted by molar-refractivity contribution is 0.474. The molecule has 1 aromatic carbocycles. The van der Waals surface area contributed by atoms with Crippen LogP contribution >= 0.6 is 0 Å². The number of phenols is 1. The smallest absolute Gasteiger partial charge is 0.163 e. The molecule has 2 aromatic heterocycles. The van der Waals surface area contributed by atoms with E-state index in [0.29, 0.717) is 5.82 Å². The number of aromatic nitrogens is 4. The Hall–Kier alpha value is -2.43. The van der Waals surface area contributed by atoms with Crippen molar-refractivity contribution in [3.63, 3.8) is 0 Å².